The zero-order valence-corrected chi connectivity index (χ0v) is 11.1. The van der Waals surface area contributed by atoms with Gasteiger partial charge in [-0.2, -0.15) is 0 Å². The molecule has 1 aromatic heterocycles. The summed E-state index contributed by atoms with van der Waals surface area (Å²) >= 11 is 0. The van der Waals surface area contributed by atoms with Crippen molar-refractivity contribution >= 4 is 5.69 Å². The molecule has 2 aromatic rings. The molecule has 0 saturated carbocycles. The van der Waals surface area contributed by atoms with Gasteiger partial charge in [-0.1, -0.05) is 6.92 Å². The number of hydrogen-bond donors (Lipinski definition) is 1. The number of nitrogen functional groups attached to an aromatic ring is 1. The van der Waals surface area contributed by atoms with E-state index in [-0.39, 0.29) is 11.4 Å². The molecule has 0 spiro atoms. The predicted molar refractivity (Wildman–Crippen MR) is 74.5 cm³/mol. The number of aryl methyl sites for hydroxylation is 2. The number of aromatic nitrogens is 2. The van der Waals surface area contributed by atoms with Crippen LogP contribution in [-0.2, 0) is 6.54 Å². The summed E-state index contributed by atoms with van der Waals surface area (Å²) in [6.45, 7) is 4.55. The van der Waals surface area contributed by atoms with Crippen molar-refractivity contribution in [3.63, 3.8) is 0 Å². The molecule has 1 heterocycles. The highest BCUT2D eigenvalue weighted by Crippen LogP contribution is 2.21. The van der Waals surface area contributed by atoms with Crippen molar-refractivity contribution in [1.29, 1.82) is 0 Å². The van der Waals surface area contributed by atoms with Gasteiger partial charge in [0.2, 0.25) is 0 Å². The Balaban J connectivity index is 2.30. The van der Waals surface area contributed by atoms with Crippen molar-refractivity contribution in [2.45, 2.75) is 26.8 Å². The van der Waals surface area contributed by atoms with Crippen LogP contribution in [0.15, 0.2) is 35.4 Å². The van der Waals surface area contributed by atoms with Gasteiger partial charge >= 0.3 is 5.56 Å². The van der Waals surface area contributed by atoms with Gasteiger partial charge in [-0.05, 0) is 37.1 Å². The average molecular weight is 259 g/mol. The zero-order chi connectivity index (χ0) is 13.8. The van der Waals surface area contributed by atoms with Crippen molar-refractivity contribution < 1.29 is 4.74 Å². The molecule has 5 heteroatoms. The molecule has 0 unspecified atom stereocenters. The van der Waals surface area contributed by atoms with E-state index in [0.29, 0.717) is 18.0 Å². The van der Waals surface area contributed by atoms with Crippen LogP contribution in [0.1, 0.15) is 18.9 Å². The third-order valence-corrected chi connectivity index (χ3v) is 2.80. The van der Waals surface area contributed by atoms with Gasteiger partial charge in [-0.25, -0.2) is 4.98 Å². The van der Waals surface area contributed by atoms with Crippen LogP contribution in [0.2, 0.25) is 0 Å². The first-order chi connectivity index (χ1) is 9.11. The highest BCUT2D eigenvalue weighted by atomic mass is 16.5. The standard InChI is InChI=1S/C14H17N3O2/c1-3-7-17-8-6-16-13(14(17)18)19-11-4-5-12(15)10(2)9-11/h4-6,8-9H,3,7,15H2,1-2H3. The third-order valence-electron chi connectivity index (χ3n) is 2.80. The second-order valence-corrected chi connectivity index (χ2v) is 4.35. The van der Waals surface area contributed by atoms with Crippen molar-refractivity contribution in [1.82, 2.24) is 9.55 Å². The fraction of sp³-hybridized carbons (Fsp3) is 0.286. The van der Waals surface area contributed by atoms with Crippen molar-refractivity contribution in [3.8, 4) is 11.6 Å². The molecule has 0 atom stereocenters. The molecule has 0 fully saturated rings. The summed E-state index contributed by atoms with van der Waals surface area (Å²) < 4.78 is 7.12. The normalized spacial score (nSPS) is 10.4. The number of nitrogens with two attached hydrogens (primary N) is 1. The molecule has 2 rings (SSSR count). The van der Waals surface area contributed by atoms with Gasteiger partial charge in [-0.3, -0.25) is 4.79 Å². The van der Waals surface area contributed by atoms with Gasteiger partial charge in [0.25, 0.3) is 5.88 Å². The summed E-state index contributed by atoms with van der Waals surface area (Å²) in [7, 11) is 0. The quantitative estimate of drug-likeness (QED) is 0.855. The Hall–Kier alpha value is -2.30. The van der Waals surface area contributed by atoms with Crippen LogP contribution < -0.4 is 16.0 Å². The number of hydrogen-bond acceptors (Lipinski definition) is 4. The van der Waals surface area contributed by atoms with Gasteiger partial charge in [0, 0.05) is 24.6 Å². The van der Waals surface area contributed by atoms with E-state index in [2.05, 4.69) is 4.98 Å². The van der Waals surface area contributed by atoms with Gasteiger partial charge in [0.15, 0.2) is 0 Å². The summed E-state index contributed by atoms with van der Waals surface area (Å²) in [5, 5.41) is 0. The van der Waals surface area contributed by atoms with Crippen molar-refractivity contribution in [3.05, 3.63) is 46.5 Å². The number of nitrogens with zero attached hydrogens (tertiary/aromatic N) is 2. The maximum absolute atomic E-state index is 12.1. The molecule has 0 radical (unpaired) electrons. The summed E-state index contributed by atoms with van der Waals surface area (Å²) in [6.07, 6.45) is 4.10. The minimum absolute atomic E-state index is 0.0834. The predicted octanol–water partition coefficient (Wildman–Crippen LogP) is 2.34. The van der Waals surface area contributed by atoms with Crippen LogP contribution in [0.3, 0.4) is 0 Å². The SMILES string of the molecule is CCCn1ccnc(Oc2ccc(N)c(C)c2)c1=O. The van der Waals surface area contributed by atoms with Gasteiger partial charge in [0.1, 0.15) is 5.75 Å². The highest BCUT2D eigenvalue weighted by Gasteiger charge is 2.07. The Kier molecular flexibility index (Phi) is 3.85. The van der Waals surface area contributed by atoms with Crippen LogP contribution in [0, 0.1) is 6.92 Å². The Morgan fingerprint density at radius 2 is 2.21 bits per heavy atom. The number of rotatable bonds is 4. The van der Waals surface area contributed by atoms with E-state index in [1.54, 1.807) is 35.2 Å². The van der Waals surface area contributed by atoms with E-state index in [1.165, 1.54) is 0 Å². The molecule has 1 aromatic carbocycles. The lowest BCUT2D eigenvalue weighted by Gasteiger charge is -2.08. The van der Waals surface area contributed by atoms with Gasteiger partial charge < -0.3 is 15.0 Å². The average Bonchev–Trinajstić information content (AvgIpc) is 2.39. The summed E-state index contributed by atoms with van der Waals surface area (Å²) in [4.78, 5) is 16.0. The lowest BCUT2D eigenvalue weighted by atomic mass is 10.2. The van der Waals surface area contributed by atoms with Crippen LogP contribution in [0.25, 0.3) is 0 Å². The first-order valence-electron chi connectivity index (χ1n) is 6.21. The van der Waals surface area contributed by atoms with Crippen molar-refractivity contribution in [2.75, 3.05) is 5.73 Å². The fourth-order valence-electron chi connectivity index (χ4n) is 1.74. The first-order valence-corrected chi connectivity index (χ1v) is 6.21. The van der Waals surface area contributed by atoms with Crippen LogP contribution >= 0.6 is 0 Å². The van der Waals surface area contributed by atoms with E-state index in [0.717, 1.165) is 12.0 Å². The van der Waals surface area contributed by atoms with E-state index in [4.69, 9.17) is 10.5 Å². The molecule has 0 aliphatic rings. The minimum Gasteiger partial charge on any atom is -0.435 e. The Labute approximate surface area is 111 Å². The monoisotopic (exact) mass is 259 g/mol. The second kappa shape index (κ2) is 5.56. The fourth-order valence-corrected chi connectivity index (χ4v) is 1.74. The van der Waals surface area contributed by atoms with Gasteiger partial charge in [-0.15, -0.1) is 0 Å². The molecule has 2 N–H and O–H groups in total. The molecular weight excluding hydrogens is 242 g/mol. The first kappa shape index (κ1) is 13.1. The van der Waals surface area contributed by atoms with Crippen LogP contribution in [-0.4, -0.2) is 9.55 Å². The van der Waals surface area contributed by atoms with E-state index in [1.807, 2.05) is 13.8 Å². The number of anilines is 1. The lowest BCUT2D eigenvalue weighted by molar-refractivity contribution is 0.443. The molecular formula is C14H17N3O2. The molecule has 0 aliphatic carbocycles. The smallest absolute Gasteiger partial charge is 0.313 e. The highest BCUT2D eigenvalue weighted by molar-refractivity contribution is 5.50. The van der Waals surface area contributed by atoms with E-state index >= 15 is 0 Å². The summed E-state index contributed by atoms with van der Waals surface area (Å²) in [5.41, 5.74) is 7.11. The zero-order valence-electron chi connectivity index (χ0n) is 11.1. The second-order valence-electron chi connectivity index (χ2n) is 4.35. The molecule has 5 nitrogen and oxygen atoms in total. The topological polar surface area (TPSA) is 70.1 Å². The van der Waals surface area contributed by atoms with E-state index < -0.39 is 0 Å². The molecule has 0 aliphatic heterocycles. The Morgan fingerprint density at radius 1 is 1.42 bits per heavy atom. The molecule has 0 bridgehead atoms. The third kappa shape index (κ3) is 2.93. The molecule has 0 saturated heterocycles. The number of ether oxygens (including phenoxy) is 1. The van der Waals surface area contributed by atoms with E-state index in [9.17, 15) is 4.79 Å². The maximum atomic E-state index is 12.1. The largest absolute Gasteiger partial charge is 0.435 e. The molecule has 100 valence electrons. The van der Waals surface area contributed by atoms with Crippen LogP contribution in [0.4, 0.5) is 5.69 Å². The van der Waals surface area contributed by atoms with Crippen LogP contribution in [0.5, 0.6) is 11.6 Å². The summed E-state index contributed by atoms with van der Waals surface area (Å²) in [5.74, 6) is 0.644. The molecule has 19 heavy (non-hydrogen) atoms. The molecule has 0 amide bonds. The minimum atomic E-state index is -0.223. The lowest BCUT2D eigenvalue weighted by Crippen LogP contribution is -2.21. The number of benzene rings is 1. The Bertz CT molecular complexity index is 635. The summed E-state index contributed by atoms with van der Waals surface area (Å²) in [6, 6.07) is 5.26. The van der Waals surface area contributed by atoms with Gasteiger partial charge in [0.05, 0.1) is 0 Å². The Morgan fingerprint density at radius 3 is 2.89 bits per heavy atom. The van der Waals surface area contributed by atoms with Crippen molar-refractivity contribution in [2.24, 2.45) is 0 Å². The maximum Gasteiger partial charge on any atom is 0.313 e.